The van der Waals surface area contributed by atoms with Gasteiger partial charge in [0, 0.05) is 18.6 Å². The zero-order valence-electron chi connectivity index (χ0n) is 18.8. The number of hydrogen-bond donors (Lipinski definition) is 2. The van der Waals surface area contributed by atoms with Gasteiger partial charge in [-0.15, -0.1) is 0 Å². The molecule has 0 saturated heterocycles. The van der Waals surface area contributed by atoms with Gasteiger partial charge in [-0.2, -0.15) is 0 Å². The summed E-state index contributed by atoms with van der Waals surface area (Å²) in [7, 11) is 0. The first kappa shape index (κ1) is 24.6. The van der Waals surface area contributed by atoms with Crippen molar-refractivity contribution < 1.29 is 29.1 Å². The first-order valence-corrected chi connectivity index (χ1v) is 10.0. The van der Waals surface area contributed by atoms with E-state index in [1.54, 1.807) is 45.0 Å². The number of carbonyl (C=O) groups excluding carboxylic acids is 1. The number of rotatable bonds is 8. The summed E-state index contributed by atoms with van der Waals surface area (Å²) in [5.74, 6) is -0.567. The Morgan fingerprint density at radius 3 is 2.16 bits per heavy atom. The molecule has 9 heteroatoms. The minimum Gasteiger partial charge on any atom is -0.489 e. The van der Waals surface area contributed by atoms with Gasteiger partial charge < -0.3 is 19.9 Å². The molecule has 2 aromatic carbocycles. The fraction of sp³-hybridized carbons (Fsp3) is 0.391. The van der Waals surface area contributed by atoms with Gasteiger partial charge in [-0.3, -0.25) is 10.1 Å². The van der Waals surface area contributed by atoms with Crippen LogP contribution in [0.25, 0.3) is 0 Å². The molecule has 0 radical (unpaired) electrons. The molecule has 32 heavy (non-hydrogen) atoms. The van der Waals surface area contributed by atoms with Crippen LogP contribution in [0.3, 0.4) is 0 Å². The lowest BCUT2D eigenvalue weighted by Gasteiger charge is -2.23. The van der Waals surface area contributed by atoms with Crippen LogP contribution in [0.5, 0.6) is 5.75 Å². The fourth-order valence-corrected chi connectivity index (χ4v) is 3.09. The third-order valence-electron chi connectivity index (χ3n) is 4.62. The van der Waals surface area contributed by atoms with Gasteiger partial charge >= 0.3 is 12.1 Å². The summed E-state index contributed by atoms with van der Waals surface area (Å²) in [5.41, 5.74) is 2.49. The number of carboxylic acids is 1. The smallest absolute Gasteiger partial charge is 0.408 e. The van der Waals surface area contributed by atoms with E-state index in [2.05, 4.69) is 5.32 Å². The van der Waals surface area contributed by atoms with Crippen LogP contribution in [0, 0.1) is 24.0 Å². The number of benzene rings is 2. The predicted molar refractivity (Wildman–Crippen MR) is 118 cm³/mol. The number of nitro benzene ring substituents is 1. The molecule has 2 rings (SSSR count). The van der Waals surface area contributed by atoms with Crippen LogP contribution >= 0.6 is 0 Å². The molecule has 0 bridgehead atoms. The standard InChI is InChI=1S/C23H28N2O7/c1-14-10-18(31-13-16-6-8-17(9-7-16)25(29)30)11-15(2)19(14)12-20(21(26)27)24-22(28)32-23(3,4)5/h6-11,20H,12-13H2,1-5H3,(H,24,28)(H,26,27). The van der Waals surface area contributed by atoms with Gasteiger partial charge in [-0.25, -0.2) is 9.59 Å². The Morgan fingerprint density at radius 1 is 1.12 bits per heavy atom. The second-order valence-corrected chi connectivity index (χ2v) is 8.49. The molecule has 9 nitrogen and oxygen atoms in total. The second kappa shape index (κ2) is 10.1. The molecule has 0 aliphatic rings. The number of ether oxygens (including phenoxy) is 2. The van der Waals surface area contributed by atoms with Gasteiger partial charge in [-0.05, 0) is 81.1 Å². The monoisotopic (exact) mass is 444 g/mol. The summed E-state index contributed by atoms with van der Waals surface area (Å²) in [4.78, 5) is 34.0. The lowest BCUT2D eigenvalue weighted by molar-refractivity contribution is -0.384. The maximum absolute atomic E-state index is 12.0. The van der Waals surface area contributed by atoms with E-state index in [4.69, 9.17) is 9.47 Å². The highest BCUT2D eigenvalue weighted by Gasteiger charge is 2.25. The van der Waals surface area contributed by atoms with Crippen molar-refractivity contribution in [2.24, 2.45) is 0 Å². The van der Waals surface area contributed by atoms with Gasteiger partial charge in [-0.1, -0.05) is 0 Å². The lowest BCUT2D eigenvalue weighted by Crippen LogP contribution is -2.44. The Kier molecular flexibility index (Phi) is 7.80. The number of carboxylic acid groups (broad SMARTS) is 1. The molecule has 0 aromatic heterocycles. The highest BCUT2D eigenvalue weighted by atomic mass is 16.6. The molecular weight excluding hydrogens is 416 g/mol. The van der Waals surface area contributed by atoms with Crippen LogP contribution in [0.4, 0.5) is 10.5 Å². The lowest BCUT2D eigenvalue weighted by atomic mass is 9.96. The van der Waals surface area contributed by atoms with Crippen LogP contribution in [0.1, 0.15) is 43.0 Å². The molecule has 1 atom stereocenters. The zero-order chi connectivity index (χ0) is 24.1. The Hall–Kier alpha value is -3.62. The van der Waals surface area contributed by atoms with E-state index in [9.17, 15) is 24.8 Å². The average Bonchev–Trinajstić information content (AvgIpc) is 2.67. The average molecular weight is 444 g/mol. The van der Waals surface area contributed by atoms with Crippen molar-refractivity contribution in [2.45, 2.75) is 59.3 Å². The van der Waals surface area contributed by atoms with E-state index in [1.165, 1.54) is 12.1 Å². The third-order valence-corrected chi connectivity index (χ3v) is 4.62. The highest BCUT2D eigenvalue weighted by Crippen LogP contribution is 2.24. The van der Waals surface area contributed by atoms with Crippen LogP contribution < -0.4 is 10.1 Å². The van der Waals surface area contributed by atoms with Crippen LogP contribution in [-0.2, 0) is 22.6 Å². The molecule has 1 unspecified atom stereocenters. The number of aryl methyl sites for hydroxylation is 2. The van der Waals surface area contributed by atoms with E-state index < -0.39 is 28.6 Å². The van der Waals surface area contributed by atoms with E-state index in [0.717, 1.165) is 22.3 Å². The van der Waals surface area contributed by atoms with Gasteiger partial charge in [0.15, 0.2) is 0 Å². The SMILES string of the molecule is Cc1cc(OCc2ccc([N+](=O)[O-])cc2)cc(C)c1CC(NC(=O)OC(C)(C)C)C(=O)O. The quantitative estimate of drug-likeness (QED) is 0.458. The summed E-state index contributed by atoms with van der Waals surface area (Å²) in [6.45, 7) is 9.01. The summed E-state index contributed by atoms with van der Waals surface area (Å²) < 4.78 is 11.0. The van der Waals surface area contributed by atoms with Crippen LogP contribution in [0.2, 0.25) is 0 Å². The van der Waals surface area contributed by atoms with Crippen molar-refractivity contribution in [3.05, 3.63) is 68.8 Å². The van der Waals surface area contributed by atoms with Crippen molar-refractivity contribution >= 4 is 17.7 Å². The molecule has 172 valence electrons. The Labute approximate surface area is 186 Å². The van der Waals surface area contributed by atoms with Crippen molar-refractivity contribution in [1.29, 1.82) is 0 Å². The van der Waals surface area contributed by atoms with E-state index >= 15 is 0 Å². The number of hydrogen-bond acceptors (Lipinski definition) is 6. The number of nitrogens with one attached hydrogen (secondary N) is 1. The molecule has 0 saturated carbocycles. The number of nitro groups is 1. The minimum atomic E-state index is -1.16. The predicted octanol–water partition coefficient (Wildman–Crippen LogP) is 4.31. The van der Waals surface area contributed by atoms with E-state index in [0.29, 0.717) is 5.75 Å². The van der Waals surface area contributed by atoms with Crippen molar-refractivity contribution in [2.75, 3.05) is 0 Å². The molecule has 0 fully saturated rings. The molecule has 2 aromatic rings. The largest absolute Gasteiger partial charge is 0.489 e. The van der Waals surface area contributed by atoms with Crippen LogP contribution in [-0.4, -0.2) is 33.7 Å². The maximum Gasteiger partial charge on any atom is 0.408 e. The first-order valence-electron chi connectivity index (χ1n) is 10.0. The number of alkyl carbamates (subject to hydrolysis) is 1. The maximum atomic E-state index is 12.0. The van der Waals surface area contributed by atoms with Gasteiger partial charge in [0.05, 0.1) is 4.92 Å². The van der Waals surface area contributed by atoms with E-state index in [1.807, 2.05) is 13.8 Å². The Morgan fingerprint density at radius 2 is 1.69 bits per heavy atom. The number of nitrogens with zero attached hydrogens (tertiary/aromatic N) is 1. The van der Waals surface area contributed by atoms with E-state index in [-0.39, 0.29) is 18.7 Å². The van der Waals surface area contributed by atoms with Crippen molar-refractivity contribution in [3.8, 4) is 5.75 Å². The summed E-state index contributed by atoms with van der Waals surface area (Å²) in [6, 6.07) is 8.54. The zero-order valence-corrected chi connectivity index (χ0v) is 18.8. The Balaban J connectivity index is 2.09. The van der Waals surface area contributed by atoms with Gasteiger partial charge in [0.25, 0.3) is 5.69 Å². The summed E-state index contributed by atoms with van der Waals surface area (Å²) >= 11 is 0. The molecule has 1 amide bonds. The summed E-state index contributed by atoms with van der Waals surface area (Å²) in [5, 5.41) is 22.7. The Bertz CT molecular complexity index is 971. The normalized spacial score (nSPS) is 12.0. The van der Waals surface area contributed by atoms with Gasteiger partial charge in [0.1, 0.15) is 24.0 Å². The van der Waals surface area contributed by atoms with Crippen molar-refractivity contribution in [3.63, 3.8) is 0 Å². The molecule has 0 heterocycles. The minimum absolute atomic E-state index is 0.0118. The molecule has 2 N–H and O–H groups in total. The molecular formula is C23H28N2O7. The molecule has 0 spiro atoms. The number of amides is 1. The van der Waals surface area contributed by atoms with Crippen molar-refractivity contribution in [1.82, 2.24) is 5.32 Å². The van der Waals surface area contributed by atoms with Gasteiger partial charge in [0.2, 0.25) is 0 Å². The first-order chi connectivity index (χ1) is 14.9. The molecule has 0 aliphatic heterocycles. The number of aliphatic carboxylic acids is 1. The highest BCUT2D eigenvalue weighted by molar-refractivity contribution is 5.80. The topological polar surface area (TPSA) is 128 Å². The second-order valence-electron chi connectivity index (χ2n) is 8.49. The van der Waals surface area contributed by atoms with Crippen LogP contribution in [0.15, 0.2) is 36.4 Å². The number of non-ortho nitro benzene ring substituents is 1. The fourth-order valence-electron chi connectivity index (χ4n) is 3.09. The molecule has 0 aliphatic carbocycles. The number of carbonyl (C=O) groups is 2. The third kappa shape index (κ3) is 7.26. The summed E-state index contributed by atoms with van der Waals surface area (Å²) in [6.07, 6.45) is -0.697.